The van der Waals surface area contributed by atoms with Gasteiger partial charge in [0.05, 0.1) is 12.1 Å². The van der Waals surface area contributed by atoms with E-state index in [4.69, 9.17) is 27.9 Å². The molecule has 0 amide bonds. The quantitative estimate of drug-likeness (QED) is 0.712. The first kappa shape index (κ1) is 11.4. The highest BCUT2D eigenvalue weighted by molar-refractivity contribution is 6.32. The first-order valence-electron chi connectivity index (χ1n) is 4.34. The molecule has 1 rings (SSSR count). The van der Waals surface area contributed by atoms with Crippen molar-refractivity contribution in [2.24, 2.45) is 0 Å². The summed E-state index contributed by atoms with van der Waals surface area (Å²) in [4.78, 5) is 0. The molecule has 3 heteroatoms. The summed E-state index contributed by atoms with van der Waals surface area (Å²) in [5.41, 5.74) is 1.06. The predicted molar refractivity (Wildman–Crippen MR) is 62.4 cm³/mol. The molecule has 1 aromatic rings. The number of rotatable bonds is 4. The van der Waals surface area contributed by atoms with Crippen molar-refractivity contribution in [1.82, 2.24) is 0 Å². The van der Waals surface area contributed by atoms with Gasteiger partial charge in [-0.1, -0.05) is 29.8 Å². The minimum atomic E-state index is 0.625. The lowest BCUT2D eigenvalue weighted by Gasteiger charge is -2.02. The van der Waals surface area contributed by atoms with Crippen LogP contribution in [0, 0.1) is 0 Å². The van der Waals surface area contributed by atoms with E-state index in [0.717, 1.165) is 12.0 Å². The van der Waals surface area contributed by atoms with Gasteiger partial charge in [0, 0.05) is 5.88 Å². The summed E-state index contributed by atoms with van der Waals surface area (Å²) in [5.74, 6) is 1.33. The SMILES string of the molecule is COc1ccc(C=CCCCl)cc1Cl. The van der Waals surface area contributed by atoms with E-state index < -0.39 is 0 Å². The van der Waals surface area contributed by atoms with Crippen LogP contribution in [0.15, 0.2) is 24.3 Å². The molecule has 0 heterocycles. The monoisotopic (exact) mass is 230 g/mol. The summed E-state index contributed by atoms with van der Waals surface area (Å²) in [5, 5.41) is 0.625. The van der Waals surface area contributed by atoms with Crippen LogP contribution < -0.4 is 4.74 Å². The minimum Gasteiger partial charge on any atom is -0.495 e. The Morgan fingerprint density at radius 2 is 2.21 bits per heavy atom. The van der Waals surface area contributed by atoms with Crippen molar-refractivity contribution in [3.05, 3.63) is 34.9 Å². The maximum absolute atomic E-state index is 5.96. The average molecular weight is 231 g/mol. The molecule has 0 fully saturated rings. The first-order chi connectivity index (χ1) is 6.77. The molecule has 0 saturated heterocycles. The molecule has 0 aromatic heterocycles. The number of allylic oxidation sites excluding steroid dienone is 1. The van der Waals surface area contributed by atoms with Crippen LogP contribution in [0.3, 0.4) is 0 Å². The highest BCUT2D eigenvalue weighted by atomic mass is 35.5. The molecule has 14 heavy (non-hydrogen) atoms. The summed E-state index contributed by atoms with van der Waals surface area (Å²) in [6.07, 6.45) is 4.88. The Labute approximate surface area is 94.3 Å². The standard InChI is InChI=1S/C11H12Cl2O/c1-14-11-6-5-9(8-10(11)13)4-2-3-7-12/h2,4-6,8H,3,7H2,1H3. The van der Waals surface area contributed by atoms with E-state index in [1.54, 1.807) is 7.11 Å². The molecule has 0 N–H and O–H groups in total. The van der Waals surface area contributed by atoms with Crippen LogP contribution in [0.1, 0.15) is 12.0 Å². The van der Waals surface area contributed by atoms with Crippen molar-refractivity contribution in [2.45, 2.75) is 6.42 Å². The van der Waals surface area contributed by atoms with Crippen LogP contribution in [-0.4, -0.2) is 13.0 Å². The van der Waals surface area contributed by atoms with Gasteiger partial charge < -0.3 is 4.74 Å². The summed E-state index contributed by atoms with van der Waals surface area (Å²) >= 11 is 11.5. The van der Waals surface area contributed by atoms with Gasteiger partial charge in [0.1, 0.15) is 5.75 Å². The molecular formula is C11H12Cl2O. The smallest absolute Gasteiger partial charge is 0.137 e. The summed E-state index contributed by atoms with van der Waals surface area (Å²) in [7, 11) is 1.60. The Hall–Kier alpha value is -0.660. The van der Waals surface area contributed by atoms with Crippen LogP contribution in [0.25, 0.3) is 6.08 Å². The second kappa shape index (κ2) is 5.94. The Morgan fingerprint density at radius 3 is 2.79 bits per heavy atom. The number of halogens is 2. The van der Waals surface area contributed by atoms with Crippen LogP contribution in [0.2, 0.25) is 5.02 Å². The maximum Gasteiger partial charge on any atom is 0.137 e. The summed E-state index contributed by atoms with van der Waals surface area (Å²) < 4.78 is 5.05. The predicted octanol–water partition coefficient (Wildman–Crippen LogP) is 3.99. The molecule has 0 radical (unpaired) electrons. The Morgan fingerprint density at radius 1 is 1.43 bits per heavy atom. The molecule has 1 aromatic carbocycles. The zero-order valence-corrected chi connectivity index (χ0v) is 9.48. The van der Waals surface area contributed by atoms with Gasteiger partial charge in [0.2, 0.25) is 0 Å². The molecule has 1 nitrogen and oxygen atoms in total. The topological polar surface area (TPSA) is 9.23 Å². The number of ether oxygens (including phenoxy) is 1. The zero-order valence-electron chi connectivity index (χ0n) is 7.97. The van der Waals surface area contributed by atoms with E-state index in [1.807, 2.05) is 30.4 Å². The Balaban J connectivity index is 2.76. The molecule has 0 aliphatic heterocycles. The molecule has 0 saturated carbocycles. The zero-order chi connectivity index (χ0) is 10.4. The lowest BCUT2D eigenvalue weighted by Crippen LogP contribution is -1.84. The van der Waals surface area contributed by atoms with Crippen molar-refractivity contribution >= 4 is 29.3 Å². The molecule has 0 aliphatic rings. The fourth-order valence-corrected chi connectivity index (χ4v) is 1.46. The van der Waals surface area contributed by atoms with Crippen molar-refractivity contribution in [1.29, 1.82) is 0 Å². The maximum atomic E-state index is 5.96. The lowest BCUT2D eigenvalue weighted by atomic mass is 10.2. The molecule has 0 atom stereocenters. The van der Waals surface area contributed by atoms with E-state index in [-0.39, 0.29) is 0 Å². The highest BCUT2D eigenvalue weighted by Gasteiger charge is 1.98. The fraction of sp³-hybridized carbons (Fsp3) is 0.273. The van der Waals surface area contributed by atoms with Crippen LogP contribution in [0.4, 0.5) is 0 Å². The van der Waals surface area contributed by atoms with Gasteiger partial charge in [-0.05, 0) is 24.1 Å². The second-order valence-corrected chi connectivity index (χ2v) is 3.56. The first-order valence-corrected chi connectivity index (χ1v) is 5.25. The van der Waals surface area contributed by atoms with Crippen LogP contribution in [0.5, 0.6) is 5.75 Å². The number of hydrogen-bond donors (Lipinski definition) is 0. The number of benzene rings is 1. The van der Waals surface area contributed by atoms with Gasteiger partial charge >= 0.3 is 0 Å². The molecule has 0 unspecified atom stereocenters. The third kappa shape index (κ3) is 3.24. The van der Waals surface area contributed by atoms with Gasteiger partial charge in [-0.2, -0.15) is 0 Å². The van der Waals surface area contributed by atoms with E-state index in [0.29, 0.717) is 16.7 Å². The van der Waals surface area contributed by atoms with Crippen LogP contribution in [-0.2, 0) is 0 Å². The second-order valence-electron chi connectivity index (χ2n) is 2.77. The van der Waals surface area contributed by atoms with E-state index >= 15 is 0 Å². The van der Waals surface area contributed by atoms with Crippen LogP contribution >= 0.6 is 23.2 Å². The average Bonchev–Trinajstić information content (AvgIpc) is 2.18. The molecule has 76 valence electrons. The van der Waals surface area contributed by atoms with Gasteiger partial charge in [0.15, 0.2) is 0 Å². The highest BCUT2D eigenvalue weighted by Crippen LogP contribution is 2.25. The van der Waals surface area contributed by atoms with E-state index in [1.165, 1.54) is 0 Å². The van der Waals surface area contributed by atoms with Gasteiger partial charge in [0.25, 0.3) is 0 Å². The molecule has 0 spiro atoms. The number of hydrogen-bond acceptors (Lipinski definition) is 1. The van der Waals surface area contributed by atoms with Crippen molar-refractivity contribution < 1.29 is 4.74 Å². The number of methoxy groups -OCH3 is 1. The molecular weight excluding hydrogens is 219 g/mol. The van der Waals surface area contributed by atoms with Crippen molar-refractivity contribution in [3.63, 3.8) is 0 Å². The number of alkyl halides is 1. The summed E-state index contributed by atoms with van der Waals surface area (Å²) in [6.45, 7) is 0. The minimum absolute atomic E-state index is 0.625. The van der Waals surface area contributed by atoms with Gasteiger partial charge in [-0.15, -0.1) is 11.6 Å². The van der Waals surface area contributed by atoms with E-state index in [2.05, 4.69) is 0 Å². The molecule has 0 aliphatic carbocycles. The van der Waals surface area contributed by atoms with Gasteiger partial charge in [-0.25, -0.2) is 0 Å². The Kier molecular flexibility index (Phi) is 4.85. The van der Waals surface area contributed by atoms with Gasteiger partial charge in [-0.3, -0.25) is 0 Å². The third-order valence-electron chi connectivity index (χ3n) is 1.76. The molecule has 0 bridgehead atoms. The van der Waals surface area contributed by atoms with E-state index in [9.17, 15) is 0 Å². The van der Waals surface area contributed by atoms with Crippen molar-refractivity contribution in [2.75, 3.05) is 13.0 Å². The van der Waals surface area contributed by atoms with Crippen molar-refractivity contribution in [3.8, 4) is 5.75 Å². The third-order valence-corrected chi connectivity index (χ3v) is 2.28. The summed E-state index contributed by atoms with van der Waals surface area (Å²) in [6, 6.07) is 5.67. The largest absolute Gasteiger partial charge is 0.495 e. The fourth-order valence-electron chi connectivity index (χ4n) is 1.07. The lowest BCUT2D eigenvalue weighted by molar-refractivity contribution is 0.415. The normalized spacial score (nSPS) is 10.8. The Bertz CT molecular complexity index is 321.